The van der Waals surface area contributed by atoms with Gasteiger partial charge >= 0.3 is 0 Å². The lowest BCUT2D eigenvalue weighted by Crippen LogP contribution is -2.27. The van der Waals surface area contributed by atoms with Gasteiger partial charge in [0.15, 0.2) is 0 Å². The minimum absolute atomic E-state index is 0.121. The molecule has 0 spiro atoms. The molecule has 5 heteroatoms. The minimum Gasteiger partial charge on any atom is -0.497 e. The third-order valence-corrected chi connectivity index (χ3v) is 3.01. The quantitative estimate of drug-likeness (QED) is 0.875. The maximum atomic E-state index is 13.0. The molecule has 104 valence electrons. The van der Waals surface area contributed by atoms with Crippen molar-refractivity contribution in [2.24, 2.45) is 0 Å². The van der Waals surface area contributed by atoms with Gasteiger partial charge in [0, 0.05) is 18.4 Å². The Bertz CT molecular complexity index is 626. The third-order valence-electron chi connectivity index (χ3n) is 3.01. The number of rotatable bonds is 3. The van der Waals surface area contributed by atoms with Gasteiger partial charge in [-0.15, -0.1) is 0 Å². The highest BCUT2D eigenvalue weighted by molar-refractivity contribution is 6.08. The van der Waals surface area contributed by atoms with E-state index in [4.69, 9.17) is 10.5 Å². The molecule has 0 saturated carbocycles. The first-order chi connectivity index (χ1) is 9.52. The van der Waals surface area contributed by atoms with E-state index in [9.17, 15) is 9.18 Å². The van der Waals surface area contributed by atoms with Gasteiger partial charge < -0.3 is 15.4 Å². The van der Waals surface area contributed by atoms with Gasteiger partial charge in [0.1, 0.15) is 11.6 Å². The lowest BCUT2D eigenvalue weighted by Gasteiger charge is -2.18. The van der Waals surface area contributed by atoms with Crippen LogP contribution in [-0.4, -0.2) is 20.1 Å². The molecule has 0 aromatic heterocycles. The zero-order valence-corrected chi connectivity index (χ0v) is 11.3. The van der Waals surface area contributed by atoms with Crippen LogP contribution in [0.5, 0.6) is 5.75 Å². The number of hydrogen-bond donors (Lipinski definition) is 1. The van der Waals surface area contributed by atoms with Crippen LogP contribution < -0.4 is 15.4 Å². The number of amides is 1. The summed E-state index contributed by atoms with van der Waals surface area (Å²) >= 11 is 0. The van der Waals surface area contributed by atoms with Crippen molar-refractivity contribution in [1.29, 1.82) is 0 Å². The van der Waals surface area contributed by atoms with Gasteiger partial charge in [-0.2, -0.15) is 0 Å². The molecule has 20 heavy (non-hydrogen) atoms. The van der Waals surface area contributed by atoms with Crippen LogP contribution in [0.1, 0.15) is 10.4 Å². The van der Waals surface area contributed by atoms with Crippen molar-refractivity contribution in [2.45, 2.75) is 0 Å². The molecule has 1 amide bonds. The molecule has 4 nitrogen and oxygen atoms in total. The number of anilines is 2. The SMILES string of the molecule is COc1ccc(N(C)C(=O)c2ccc(F)cc2N)cc1. The number of halogens is 1. The Labute approximate surface area is 116 Å². The second-order valence-corrected chi connectivity index (χ2v) is 4.29. The Balaban J connectivity index is 2.27. The van der Waals surface area contributed by atoms with Crippen LogP contribution in [0.25, 0.3) is 0 Å². The molecule has 0 unspecified atom stereocenters. The van der Waals surface area contributed by atoms with Gasteiger partial charge in [-0.3, -0.25) is 4.79 Å². The first-order valence-corrected chi connectivity index (χ1v) is 6.00. The summed E-state index contributed by atoms with van der Waals surface area (Å²) in [6, 6.07) is 10.8. The molecular formula is C15H15FN2O2. The largest absolute Gasteiger partial charge is 0.497 e. The van der Waals surface area contributed by atoms with Crippen molar-refractivity contribution < 1.29 is 13.9 Å². The molecule has 0 heterocycles. The second kappa shape index (κ2) is 5.61. The molecule has 0 aliphatic heterocycles. The van der Waals surface area contributed by atoms with Gasteiger partial charge in [0.2, 0.25) is 0 Å². The molecule has 0 radical (unpaired) electrons. The average molecular weight is 274 g/mol. The molecule has 2 N–H and O–H groups in total. The summed E-state index contributed by atoms with van der Waals surface area (Å²) in [4.78, 5) is 13.8. The molecule has 0 aliphatic carbocycles. The van der Waals surface area contributed by atoms with E-state index in [1.54, 1.807) is 38.4 Å². The predicted molar refractivity (Wildman–Crippen MR) is 76.5 cm³/mol. The molecule has 0 aliphatic rings. The Morgan fingerprint density at radius 1 is 1.20 bits per heavy atom. The molecule has 2 aromatic carbocycles. The number of benzene rings is 2. The highest BCUT2D eigenvalue weighted by Crippen LogP contribution is 2.22. The monoisotopic (exact) mass is 274 g/mol. The van der Waals surface area contributed by atoms with E-state index in [1.807, 2.05) is 0 Å². The van der Waals surface area contributed by atoms with E-state index in [-0.39, 0.29) is 17.2 Å². The topological polar surface area (TPSA) is 55.6 Å². The van der Waals surface area contributed by atoms with Crippen LogP contribution in [0.2, 0.25) is 0 Å². The third kappa shape index (κ3) is 2.71. The Morgan fingerprint density at radius 3 is 2.40 bits per heavy atom. The van der Waals surface area contributed by atoms with Gasteiger partial charge in [-0.1, -0.05) is 0 Å². The van der Waals surface area contributed by atoms with Crippen molar-refractivity contribution >= 4 is 17.3 Å². The summed E-state index contributed by atoms with van der Waals surface area (Å²) in [6.07, 6.45) is 0. The summed E-state index contributed by atoms with van der Waals surface area (Å²) in [5, 5.41) is 0. The zero-order chi connectivity index (χ0) is 14.7. The lowest BCUT2D eigenvalue weighted by molar-refractivity contribution is 0.0994. The molecule has 0 atom stereocenters. The van der Waals surface area contributed by atoms with Crippen LogP contribution in [0, 0.1) is 5.82 Å². The highest BCUT2D eigenvalue weighted by Gasteiger charge is 2.16. The normalized spacial score (nSPS) is 10.2. The molecule has 2 aromatic rings. The Hall–Kier alpha value is -2.56. The Morgan fingerprint density at radius 2 is 1.85 bits per heavy atom. The summed E-state index contributed by atoms with van der Waals surface area (Å²) in [5.41, 5.74) is 6.76. The fourth-order valence-corrected chi connectivity index (χ4v) is 1.83. The number of carbonyl (C=O) groups is 1. The van der Waals surface area contributed by atoms with Crippen molar-refractivity contribution in [3.05, 3.63) is 53.8 Å². The van der Waals surface area contributed by atoms with E-state index in [0.29, 0.717) is 11.4 Å². The van der Waals surface area contributed by atoms with Gasteiger partial charge in [-0.25, -0.2) is 4.39 Å². The zero-order valence-electron chi connectivity index (χ0n) is 11.3. The van der Waals surface area contributed by atoms with Crippen molar-refractivity contribution in [1.82, 2.24) is 0 Å². The minimum atomic E-state index is -0.467. The molecule has 0 bridgehead atoms. The maximum Gasteiger partial charge on any atom is 0.260 e. The van der Waals surface area contributed by atoms with Crippen LogP contribution in [0.4, 0.5) is 15.8 Å². The molecule has 0 saturated heterocycles. The predicted octanol–water partition coefficient (Wildman–Crippen LogP) is 2.69. The van der Waals surface area contributed by atoms with E-state index in [0.717, 1.165) is 6.07 Å². The van der Waals surface area contributed by atoms with Crippen LogP contribution in [0.3, 0.4) is 0 Å². The number of ether oxygens (including phenoxy) is 1. The summed E-state index contributed by atoms with van der Waals surface area (Å²) < 4.78 is 18.1. The smallest absolute Gasteiger partial charge is 0.260 e. The van der Waals surface area contributed by atoms with Crippen molar-refractivity contribution in [3.8, 4) is 5.75 Å². The highest BCUT2D eigenvalue weighted by atomic mass is 19.1. The number of methoxy groups -OCH3 is 1. The van der Waals surface area contributed by atoms with E-state index >= 15 is 0 Å². The fraction of sp³-hybridized carbons (Fsp3) is 0.133. The fourth-order valence-electron chi connectivity index (χ4n) is 1.83. The van der Waals surface area contributed by atoms with Gasteiger partial charge in [-0.05, 0) is 42.5 Å². The van der Waals surface area contributed by atoms with Crippen LogP contribution >= 0.6 is 0 Å². The van der Waals surface area contributed by atoms with Crippen molar-refractivity contribution in [2.75, 3.05) is 24.8 Å². The molecule has 0 fully saturated rings. The van der Waals surface area contributed by atoms with E-state index < -0.39 is 5.82 Å². The van der Waals surface area contributed by atoms with Gasteiger partial charge in [0.25, 0.3) is 5.91 Å². The molecular weight excluding hydrogens is 259 g/mol. The van der Waals surface area contributed by atoms with Gasteiger partial charge in [0.05, 0.1) is 12.7 Å². The number of nitrogens with zero attached hydrogens (tertiary/aromatic N) is 1. The number of carbonyl (C=O) groups excluding carboxylic acids is 1. The summed E-state index contributed by atoms with van der Waals surface area (Å²) in [7, 11) is 3.20. The number of nitrogens with two attached hydrogens (primary N) is 1. The maximum absolute atomic E-state index is 13.0. The first kappa shape index (κ1) is 13.9. The first-order valence-electron chi connectivity index (χ1n) is 6.00. The second-order valence-electron chi connectivity index (χ2n) is 4.29. The van der Waals surface area contributed by atoms with Crippen molar-refractivity contribution in [3.63, 3.8) is 0 Å². The summed E-state index contributed by atoms with van der Waals surface area (Å²) in [6.45, 7) is 0. The number of nitrogen functional groups attached to an aromatic ring is 1. The standard InChI is InChI=1S/C15H15FN2O2/c1-18(11-4-6-12(20-2)7-5-11)15(19)13-8-3-10(16)9-14(13)17/h3-9H,17H2,1-2H3. The average Bonchev–Trinajstić information content (AvgIpc) is 2.46. The number of hydrogen-bond acceptors (Lipinski definition) is 3. The lowest BCUT2D eigenvalue weighted by atomic mass is 10.1. The molecule has 2 rings (SSSR count). The summed E-state index contributed by atoms with van der Waals surface area (Å²) in [5.74, 6) is -0.0605. The van der Waals surface area contributed by atoms with Crippen LogP contribution in [-0.2, 0) is 0 Å². The van der Waals surface area contributed by atoms with E-state index in [1.165, 1.54) is 17.0 Å². The Kier molecular flexibility index (Phi) is 3.89. The van der Waals surface area contributed by atoms with E-state index in [2.05, 4.69) is 0 Å². The van der Waals surface area contributed by atoms with Crippen LogP contribution in [0.15, 0.2) is 42.5 Å².